The SMILES string of the molecule is CCOC(=O)[C@H]1C(=O)C=C(c2cccc(C)c2)C[C@@H]1c1ccccc1. The van der Waals surface area contributed by atoms with Crippen molar-refractivity contribution < 1.29 is 14.3 Å². The maximum atomic E-state index is 12.8. The van der Waals surface area contributed by atoms with Crippen LogP contribution in [-0.2, 0) is 14.3 Å². The first-order valence-electron chi connectivity index (χ1n) is 8.63. The highest BCUT2D eigenvalue weighted by molar-refractivity contribution is 6.10. The Kier molecular flexibility index (Phi) is 5.13. The highest BCUT2D eigenvalue weighted by Crippen LogP contribution is 2.40. The van der Waals surface area contributed by atoms with Crippen molar-refractivity contribution in [2.45, 2.75) is 26.2 Å². The zero-order valence-electron chi connectivity index (χ0n) is 14.6. The number of aryl methyl sites for hydroxylation is 1. The van der Waals surface area contributed by atoms with E-state index >= 15 is 0 Å². The molecule has 0 N–H and O–H groups in total. The molecular weight excluding hydrogens is 312 g/mol. The van der Waals surface area contributed by atoms with Gasteiger partial charge in [0.25, 0.3) is 0 Å². The van der Waals surface area contributed by atoms with Crippen molar-refractivity contribution in [3.63, 3.8) is 0 Å². The number of esters is 1. The molecule has 25 heavy (non-hydrogen) atoms. The summed E-state index contributed by atoms with van der Waals surface area (Å²) in [5, 5.41) is 0. The molecule has 0 radical (unpaired) electrons. The Morgan fingerprint density at radius 2 is 1.88 bits per heavy atom. The van der Waals surface area contributed by atoms with Gasteiger partial charge in [-0.1, -0.05) is 60.2 Å². The van der Waals surface area contributed by atoms with Gasteiger partial charge in [0.05, 0.1) is 6.61 Å². The first-order chi connectivity index (χ1) is 12.1. The molecule has 0 amide bonds. The third-order valence-electron chi connectivity index (χ3n) is 4.62. The third kappa shape index (κ3) is 3.71. The van der Waals surface area contributed by atoms with Crippen LogP contribution < -0.4 is 0 Å². The predicted octanol–water partition coefficient (Wildman–Crippen LogP) is 4.31. The number of allylic oxidation sites excluding steroid dienone is 2. The second-order valence-corrected chi connectivity index (χ2v) is 6.39. The van der Waals surface area contributed by atoms with Crippen molar-refractivity contribution in [3.05, 3.63) is 77.4 Å². The number of hydrogen-bond donors (Lipinski definition) is 0. The van der Waals surface area contributed by atoms with Crippen molar-refractivity contribution in [1.29, 1.82) is 0 Å². The van der Waals surface area contributed by atoms with E-state index in [2.05, 4.69) is 6.07 Å². The van der Waals surface area contributed by atoms with Gasteiger partial charge >= 0.3 is 5.97 Å². The molecule has 3 heteroatoms. The van der Waals surface area contributed by atoms with Gasteiger partial charge in [-0.05, 0) is 43.0 Å². The molecule has 0 saturated carbocycles. The third-order valence-corrected chi connectivity index (χ3v) is 4.62. The van der Waals surface area contributed by atoms with Gasteiger partial charge in [0.2, 0.25) is 0 Å². The molecule has 0 spiro atoms. The summed E-state index contributed by atoms with van der Waals surface area (Å²) in [6, 6.07) is 17.9. The Labute approximate surface area is 148 Å². The lowest BCUT2D eigenvalue weighted by Gasteiger charge is -2.29. The number of ketones is 1. The second kappa shape index (κ2) is 7.47. The Morgan fingerprint density at radius 3 is 2.56 bits per heavy atom. The van der Waals surface area contributed by atoms with Gasteiger partial charge in [0, 0.05) is 5.92 Å². The number of ether oxygens (including phenoxy) is 1. The number of rotatable bonds is 4. The highest BCUT2D eigenvalue weighted by atomic mass is 16.5. The molecule has 0 bridgehead atoms. The minimum atomic E-state index is -0.768. The topological polar surface area (TPSA) is 43.4 Å². The minimum Gasteiger partial charge on any atom is -0.465 e. The first kappa shape index (κ1) is 17.2. The fourth-order valence-corrected chi connectivity index (χ4v) is 3.44. The van der Waals surface area contributed by atoms with E-state index in [1.807, 2.05) is 55.5 Å². The van der Waals surface area contributed by atoms with E-state index in [0.29, 0.717) is 6.42 Å². The van der Waals surface area contributed by atoms with Gasteiger partial charge in [0.1, 0.15) is 5.92 Å². The molecule has 2 aromatic rings. The number of benzene rings is 2. The van der Waals surface area contributed by atoms with Crippen LogP contribution in [0.25, 0.3) is 5.57 Å². The van der Waals surface area contributed by atoms with E-state index in [4.69, 9.17) is 4.74 Å². The van der Waals surface area contributed by atoms with E-state index in [9.17, 15) is 9.59 Å². The van der Waals surface area contributed by atoms with E-state index in [1.165, 1.54) is 0 Å². The quantitative estimate of drug-likeness (QED) is 0.618. The summed E-state index contributed by atoms with van der Waals surface area (Å²) < 4.78 is 5.17. The smallest absolute Gasteiger partial charge is 0.317 e. The van der Waals surface area contributed by atoms with Gasteiger partial charge < -0.3 is 4.74 Å². The summed E-state index contributed by atoms with van der Waals surface area (Å²) in [7, 11) is 0. The maximum Gasteiger partial charge on any atom is 0.317 e. The Balaban J connectivity index is 2.02. The number of hydrogen-bond acceptors (Lipinski definition) is 3. The molecule has 2 aromatic carbocycles. The van der Waals surface area contributed by atoms with Crippen LogP contribution in [0.2, 0.25) is 0 Å². The van der Waals surface area contributed by atoms with E-state index < -0.39 is 11.9 Å². The van der Waals surface area contributed by atoms with Crippen LogP contribution in [0, 0.1) is 12.8 Å². The molecule has 0 aromatic heterocycles. The minimum absolute atomic E-state index is 0.171. The Bertz CT molecular complexity index is 805. The van der Waals surface area contributed by atoms with Gasteiger partial charge in [0.15, 0.2) is 5.78 Å². The lowest BCUT2D eigenvalue weighted by Crippen LogP contribution is -2.34. The summed E-state index contributed by atoms with van der Waals surface area (Å²) >= 11 is 0. The average molecular weight is 334 g/mol. The summed E-state index contributed by atoms with van der Waals surface area (Å²) in [5.41, 5.74) is 4.15. The van der Waals surface area contributed by atoms with Crippen LogP contribution in [0.4, 0.5) is 0 Å². The molecule has 0 saturated heterocycles. The van der Waals surface area contributed by atoms with Crippen LogP contribution in [0.1, 0.15) is 36.0 Å². The monoisotopic (exact) mass is 334 g/mol. The molecule has 2 atom stereocenters. The van der Waals surface area contributed by atoms with Crippen molar-refractivity contribution in [2.24, 2.45) is 5.92 Å². The summed E-state index contributed by atoms with van der Waals surface area (Å²) in [6.45, 7) is 4.07. The fourth-order valence-electron chi connectivity index (χ4n) is 3.44. The van der Waals surface area contributed by atoms with Gasteiger partial charge in [-0.25, -0.2) is 0 Å². The molecule has 3 rings (SSSR count). The van der Waals surface area contributed by atoms with E-state index in [-0.39, 0.29) is 18.3 Å². The Morgan fingerprint density at radius 1 is 1.12 bits per heavy atom. The van der Waals surface area contributed by atoms with Gasteiger partial charge in [-0.15, -0.1) is 0 Å². The highest BCUT2D eigenvalue weighted by Gasteiger charge is 2.39. The largest absolute Gasteiger partial charge is 0.465 e. The maximum absolute atomic E-state index is 12.8. The molecular formula is C22H22O3. The van der Waals surface area contributed by atoms with Gasteiger partial charge in [-0.2, -0.15) is 0 Å². The van der Waals surface area contributed by atoms with Crippen molar-refractivity contribution in [1.82, 2.24) is 0 Å². The van der Waals surface area contributed by atoms with Crippen LogP contribution in [0.5, 0.6) is 0 Å². The van der Waals surface area contributed by atoms with E-state index in [0.717, 1.165) is 22.3 Å². The molecule has 128 valence electrons. The summed E-state index contributed by atoms with van der Waals surface area (Å²) in [6.07, 6.45) is 2.26. The van der Waals surface area contributed by atoms with Crippen molar-refractivity contribution in [2.75, 3.05) is 6.61 Å². The molecule has 0 fully saturated rings. The zero-order valence-corrected chi connectivity index (χ0v) is 14.6. The van der Waals surface area contributed by atoms with E-state index in [1.54, 1.807) is 13.0 Å². The normalized spacial score (nSPS) is 20.1. The molecule has 3 nitrogen and oxygen atoms in total. The molecule has 1 aliphatic carbocycles. The second-order valence-electron chi connectivity index (χ2n) is 6.39. The summed E-state index contributed by atoms with van der Waals surface area (Å²) in [5.74, 6) is -1.57. The number of carbonyl (C=O) groups excluding carboxylic acids is 2. The average Bonchev–Trinajstić information content (AvgIpc) is 2.62. The van der Waals surface area contributed by atoms with Crippen LogP contribution >= 0.6 is 0 Å². The van der Waals surface area contributed by atoms with Crippen LogP contribution in [0.3, 0.4) is 0 Å². The fraction of sp³-hybridized carbons (Fsp3) is 0.273. The van der Waals surface area contributed by atoms with Crippen molar-refractivity contribution in [3.8, 4) is 0 Å². The summed E-state index contributed by atoms with van der Waals surface area (Å²) in [4.78, 5) is 25.2. The lowest BCUT2D eigenvalue weighted by molar-refractivity contribution is -0.151. The molecule has 0 aliphatic heterocycles. The first-order valence-corrected chi connectivity index (χ1v) is 8.63. The molecule has 0 unspecified atom stereocenters. The molecule has 1 aliphatic rings. The zero-order chi connectivity index (χ0) is 17.8. The standard InChI is InChI=1S/C22H22O3/c1-3-25-22(24)21-19(16-9-5-4-6-10-16)13-18(14-20(21)23)17-11-7-8-15(2)12-17/h4-12,14,19,21H,3,13H2,1-2H3/t19-,21-/m1/s1. The number of carbonyl (C=O) groups is 2. The lowest BCUT2D eigenvalue weighted by atomic mass is 9.73. The van der Waals surface area contributed by atoms with Gasteiger partial charge in [-0.3, -0.25) is 9.59 Å². The predicted molar refractivity (Wildman–Crippen MR) is 98.1 cm³/mol. The molecule has 0 heterocycles. The van der Waals surface area contributed by atoms with Crippen molar-refractivity contribution >= 4 is 17.3 Å². The van der Waals surface area contributed by atoms with Crippen LogP contribution in [0.15, 0.2) is 60.7 Å². The van der Waals surface area contributed by atoms with Crippen LogP contribution in [-0.4, -0.2) is 18.4 Å². The Hall–Kier alpha value is -2.68.